The third kappa shape index (κ3) is 5.95. The molecular formula is C65H42N4. The summed E-state index contributed by atoms with van der Waals surface area (Å²) < 4.78 is 2.40. The maximum absolute atomic E-state index is 5.39. The lowest BCUT2D eigenvalue weighted by atomic mass is 9.64. The number of anilines is 3. The first-order chi connectivity index (χ1) is 34.2. The smallest absolute Gasteiger partial charge is 0.235 e. The van der Waals surface area contributed by atoms with Crippen molar-refractivity contribution in [3.8, 4) is 61.6 Å². The summed E-state index contributed by atoms with van der Waals surface area (Å²) in [6.07, 6.45) is 0. The minimum absolute atomic E-state index is 0.596. The van der Waals surface area contributed by atoms with E-state index in [1.807, 2.05) is 12.1 Å². The first-order valence-electron chi connectivity index (χ1n) is 23.7. The van der Waals surface area contributed by atoms with E-state index in [0.717, 1.165) is 39.6 Å². The van der Waals surface area contributed by atoms with Gasteiger partial charge in [-0.1, -0.05) is 200 Å². The molecule has 1 aliphatic heterocycles. The maximum atomic E-state index is 5.39. The molecule has 1 aliphatic carbocycles. The van der Waals surface area contributed by atoms with Crippen molar-refractivity contribution in [3.63, 3.8) is 0 Å². The van der Waals surface area contributed by atoms with Crippen molar-refractivity contribution in [2.45, 2.75) is 5.41 Å². The molecule has 0 radical (unpaired) electrons. The van der Waals surface area contributed by atoms with E-state index in [0.29, 0.717) is 5.95 Å². The Morgan fingerprint density at radius 3 is 1.45 bits per heavy atom. The second-order valence-corrected chi connectivity index (χ2v) is 18.1. The van der Waals surface area contributed by atoms with Crippen LogP contribution in [0.4, 0.5) is 17.3 Å². The largest absolute Gasteiger partial charge is 0.309 e. The quantitative estimate of drug-likeness (QED) is 0.167. The molecule has 0 unspecified atom stereocenters. The van der Waals surface area contributed by atoms with Gasteiger partial charge in [-0.15, -0.1) is 0 Å². The lowest BCUT2D eigenvalue weighted by molar-refractivity contribution is 0.750. The summed E-state index contributed by atoms with van der Waals surface area (Å²) in [4.78, 5) is 13.1. The fourth-order valence-corrected chi connectivity index (χ4v) is 11.4. The fourth-order valence-electron chi connectivity index (χ4n) is 11.4. The molecular weight excluding hydrogens is 837 g/mol. The number of hydrogen-bond donors (Lipinski definition) is 0. The van der Waals surface area contributed by atoms with Crippen LogP contribution in [0.25, 0.3) is 83.4 Å². The Hall–Kier alpha value is -9.12. The van der Waals surface area contributed by atoms with Crippen molar-refractivity contribution in [2.75, 3.05) is 4.90 Å². The average Bonchev–Trinajstić information content (AvgIpc) is 3.92. The van der Waals surface area contributed by atoms with E-state index in [-0.39, 0.29) is 0 Å². The molecule has 69 heavy (non-hydrogen) atoms. The van der Waals surface area contributed by atoms with Crippen molar-refractivity contribution in [1.82, 2.24) is 14.5 Å². The summed E-state index contributed by atoms with van der Waals surface area (Å²) in [5.41, 5.74) is 21.1. The van der Waals surface area contributed by atoms with Crippen LogP contribution >= 0.6 is 0 Å². The molecule has 0 N–H and O–H groups in total. The summed E-state index contributed by atoms with van der Waals surface area (Å²) in [6, 6.07) is 92.2. The summed E-state index contributed by atoms with van der Waals surface area (Å²) in [7, 11) is 0. The van der Waals surface area contributed by atoms with E-state index < -0.39 is 5.41 Å². The lowest BCUT2D eigenvalue weighted by Crippen LogP contribution is -2.36. The zero-order valence-corrected chi connectivity index (χ0v) is 37.5. The molecule has 12 aromatic rings. The van der Waals surface area contributed by atoms with Gasteiger partial charge in [0, 0.05) is 27.6 Å². The highest BCUT2D eigenvalue weighted by Crippen LogP contribution is 2.63. The Labute approximate surface area is 400 Å². The van der Waals surface area contributed by atoms with Gasteiger partial charge in [0.05, 0.1) is 39.2 Å². The van der Waals surface area contributed by atoms with Crippen LogP contribution in [0.15, 0.2) is 255 Å². The average molecular weight is 879 g/mol. The van der Waals surface area contributed by atoms with Crippen LogP contribution in [0.3, 0.4) is 0 Å². The molecule has 2 aliphatic rings. The minimum atomic E-state index is -0.596. The monoisotopic (exact) mass is 878 g/mol. The van der Waals surface area contributed by atoms with E-state index in [1.165, 1.54) is 77.4 Å². The number of aromatic nitrogens is 3. The Morgan fingerprint density at radius 2 is 0.783 bits per heavy atom. The van der Waals surface area contributed by atoms with E-state index in [9.17, 15) is 0 Å². The van der Waals surface area contributed by atoms with Crippen molar-refractivity contribution >= 4 is 39.1 Å². The van der Waals surface area contributed by atoms with Crippen molar-refractivity contribution in [2.24, 2.45) is 0 Å². The summed E-state index contributed by atoms with van der Waals surface area (Å²) >= 11 is 0. The number of para-hydroxylation sites is 3. The molecule has 10 aromatic carbocycles. The first kappa shape index (κ1) is 39.1. The van der Waals surface area contributed by atoms with Gasteiger partial charge in [-0.05, 0) is 110 Å². The van der Waals surface area contributed by atoms with Gasteiger partial charge in [-0.2, -0.15) is 0 Å². The van der Waals surface area contributed by atoms with Crippen molar-refractivity contribution < 1.29 is 0 Å². The molecule has 1 spiro atoms. The normalized spacial score (nSPS) is 13.0. The third-order valence-electron chi connectivity index (χ3n) is 14.4. The topological polar surface area (TPSA) is 34.0 Å². The molecule has 0 atom stereocenters. The summed E-state index contributed by atoms with van der Waals surface area (Å²) in [5, 5.41) is 2.47. The SMILES string of the molecule is c1ccc(-c2ccc(-n3c4ccccc4c4cc(-c5ccc6c(c5)-c5ccccc5C65c6ccccc6N(c6nc(-c7ccccc7)cc(-c7ccccc7)n6)c6ccccc65)ccc43)cc2)cc1. The number of rotatable bonds is 6. The van der Waals surface area contributed by atoms with E-state index in [1.54, 1.807) is 0 Å². The number of benzene rings is 10. The minimum Gasteiger partial charge on any atom is -0.309 e. The molecule has 0 saturated carbocycles. The molecule has 0 amide bonds. The van der Waals surface area contributed by atoms with Gasteiger partial charge in [0.25, 0.3) is 0 Å². The molecule has 4 nitrogen and oxygen atoms in total. The van der Waals surface area contributed by atoms with Gasteiger partial charge in [0.2, 0.25) is 5.95 Å². The lowest BCUT2D eigenvalue weighted by Gasteiger charge is -2.44. The Morgan fingerprint density at radius 1 is 0.304 bits per heavy atom. The zero-order chi connectivity index (χ0) is 45.5. The van der Waals surface area contributed by atoms with Gasteiger partial charge in [-0.3, -0.25) is 4.90 Å². The van der Waals surface area contributed by atoms with Gasteiger partial charge < -0.3 is 4.57 Å². The Kier molecular flexibility index (Phi) is 8.77. The van der Waals surface area contributed by atoms with Crippen molar-refractivity contribution in [1.29, 1.82) is 0 Å². The van der Waals surface area contributed by atoms with E-state index >= 15 is 0 Å². The van der Waals surface area contributed by atoms with Crippen molar-refractivity contribution in [3.05, 3.63) is 277 Å². The number of hydrogen-bond acceptors (Lipinski definition) is 3. The third-order valence-corrected chi connectivity index (χ3v) is 14.4. The van der Waals surface area contributed by atoms with Crippen LogP contribution in [0, 0.1) is 0 Å². The highest BCUT2D eigenvalue weighted by Gasteiger charge is 2.52. The van der Waals surface area contributed by atoms with Crippen LogP contribution in [0.5, 0.6) is 0 Å². The van der Waals surface area contributed by atoms with E-state index in [4.69, 9.17) is 9.97 Å². The zero-order valence-electron chi connectivity index (χ0n) is 37.5. The first-order valence-corrected chi connectivity index (χ1v) is 23.7. The van der Waals surface area contributed by atoms with Crippen LogP contribution < -0.4 is 4.90 Å². The van der Waals surface area contributed by atoms with E-state index in [2.05, 4.69) is 252 Å². The predicted octanol–water partition coefficient (Wildman–Crippen LogP) is 16.4. The molecule has 14 rings (SSSR count). The fraction of sp³-hybridized carbons (Fsp3) is 0.0154. The van der Waals surface area contributed by atoms with Crippen LogP contribution in [0.1, 0.15) is 22.3 Å². The molecule has 322 valence electrons. The van der Waals surface area contributed by atoms with Crippen LogP contribution in [-0.2, 0) is 5.41 Å². The molecule has 4 heteroatoms. The van der Waals surface area contributed by atoms with Gasteiger partial charge in [0.1, 0.15) is 0 Å². The highest BCUT2D eigenvalue weighted by atomic mass is 15.3. The standard InChI is InChI=1S/C65H42N4/c1-4-18-43(19-5-1)44-32-36-49(37-33-44)68-60-29-15-11-25-51(60)53-41-48(35-39-61(53)68)47-34-38-55-52(40-47)50-24-10-12-26-54(50)65(55)56-27-13-16-30-62(56)69(63-31-17-14-28-57(63)65)64-66-58(45-20-6-2-7-21-45)42-59(67-64)46-22-8-3-9-23-46/h1-42H. The summed E-state index contributed by atoms with van der Waals surface area (Å²) in [5.74, 6) is 0.632. The molecule has 0 bridgehead atoms. The van der Waals surface area contributed by atoms with Gasteiger partial charge >= 0.3 is 0 Å². The highest BCUT2D eigenvalue weighted by molar-refractivity contribution is 6.10. The maximum Gasteiger partial charge on any atom is 0.235 e. The van der Waals surface area contributed by atoms with Gasteiger partial charge in [0.15, 0.2) is 0 Å². The second-order valence-electron chi connectivity index (χ2n) is 18.1. The second kappa shape index (κ2) is 15.5. The Balaban J connectivity index is 0.928. The Bertz CT molecular complexity index is 3840. The molecule has 3 heterocycles. The van der Waals surface area contributed by atoms with Gasteiger partial charge in [-0.25, -0.2) is 9.97 Å². The number of nitrogens with zero attached hydrogens (tertiary/aromatic N) is 4. The van der Waals surface area contributed by atoms with Crippen LogP contribution in [-0.4, -0.2) is 14.5 Å². The van der Waals surface area contributed by atoms with Crippen LogP contribution in [0.2, 0.25) is 0 Å². The molecule has 2 aromatic heterocycles. The molecule has 0 saturated heterocycles. The molecule has 0 fully saturated rings. The predicted molar refractivity (Wildman–Crippen MR) is 284 cm³/mol. The number of fused-ring (bicyclic) bond motifs is 12. The summed E-state index contributed by atoms with van der Waals surface area (Å²) in [6.45, 7) is 0.